The zero-order valence-electron chi connectivity index (χ0n) is 12.3. The third-order valence-corrected chi connectivity index (χ3v) is 3.70. The van der Waals surface area contributed by atoms with Gasteiger partial charge in [0.25, 0.3) is 0 Å². The zero-order valence-corrected chi connectivity index (χ0v) is 12.3. The molecule has 0 bridgehead atoms. The molecule has 2 aromatic rings. The number of carbonyl (C=O) groups is 1. The van der Waals surface area contributed by atoms with Gasteiger partial charge in [-0.25, -0.2) is 0 Å². The predicted molar refractivity (Wildman–Crippen MR) is 88.1 cm³/mol. The Morgan fingerprint density at radius 1 is 0.957 bits per heavy atom. The molecule has 0 radical (unpaired) electrons. The average Bonchev–Trinajstić information content (AvgIpc) is 2.61. The lowest BCUT2D eigenvalue weighted by atomic mass is 9.95. The zero-order chi connectivity index (χ0) is 15.6. The van der Waals surface area contributed by atoms with Gasteiger partial charge in [-0.05, 0) is 23.8 Å². The van der Waals surface area contributed by atoms with Gasteiger partial charge in [-0.15, -0.1) is 0 Å². The minimum atomic E-state index is -0.117. The van der Waals surface area contributed by atoms with Gasteiger partial charge in [0.05, 0.1) is 5.69 Å². The molecule has 23 heavy (non-hydrogen) atoms. The van der Waals surface area contributed by atoms with E-state index < -0.39 is 0 Å². The van der Waals surface area contributed by atoms with Crippen LogP contribution in [0.3, 0.4) is 0 Å². The summed E-state index contributed by atoms with van der Waals surface area (Å²) in [7, 11) is 0. The monoisotopic (exact) mass is 306 g/mol. The first-order chi connectivity index (χ1) is 11.3. The summed E-state index contributed by atoms with van der Waals surface area (Å²) < 4.78 is 11.0. The normalized spacial score (nSPS) is 17.0. The number of benzene rings is 2. The Morgan fingerprint density at radius 2 is 1.78 bits per heavy atom. The standard InChI is InChI=1S/C18H14N2O3/c21-15-7-5-12-3-1-2-4-14(12)18(15)20-19-13-6-8-16-17(11-13)23-10-9-22-16/h1-8,11,19H,9-10H2/b20-18-. The molecule has 0 amide bonds. The van der Waals surface area contributed by atoms with Crippen molar-refractivity contribution in [2.45, 2.75) is 0 Å². The Hall–Kier alpha value is -3.08. The van der Waals surface area contributed by atoms with Crippen molar-refractivity contribution in [1.82, 2.24) is 0 Å². The third kappa shape index (κ3) is 2.57. The molecule has 0 spiro atoms. The lowest BCUT2D eigenvalue weighted by molar-refractivity contribution is -0.108. The lowest BCUT2D eigenvalue weighted by Gasteiger charge is -2.18. The Morgan fingerprint density at radius 3 is 2.70 bits per heavy atom. The number of allylic oxidation sites excluding steroid dienone is 1. The summed E-state index contributed by atoms with van der Waals surface area (Å²) >= 11 is 0. The first-order valence-electron chi connectivity index (χ1n) is 7.36. The van der Waals surface area contributed by atoms with Crippen molar-refractivity contribution in [3.63, 3.8) is 0 Å². The quantitative estimate of drug-likeness (QED) is 0.867. The number of hydrazone groups is 1. The smallest absolute Gasteiger partial charge is 0.206 e. The summed E-state index contributed by atoms with van der Waals surface area (Å²) in [5, 5.41) is 4.29. The van der Waals surface area contributed by atoms with E-state index in [9.17, 15) is 4.79 Å². The van der Waals surface area contributed by atoms with Crippen molar-refractivity contribution in [1.29, 1.82) is 0 Å². The minimum Gasteiger partial charge on any atom is -0.486 e. The largest absolute Gasteiger partial charge is 0.486 e. The molecule has 0 fully saturated rings. The van der Waals surface area contributed by atoms with E-state index in [-0.39, 0.29) is 5.78 Å². The van der Waals surface area contributed by atoms with Gasteiger partial charge in [0.1, 0.15) is 18.9 Å². The molecule has 0 saturated carbocycles. The summed E-state index contributed by atoms with van der Waals surface area (Å²) in [6.45, 7) is 1.08. The highest BCUT2D eigenvalue weighted by Crippen LogP contribution is 2.32. The second kappa shape index (κ2) is 5.61. The maximum atomic E-state index is 12.1. The summed E-state index contributed by atoms with van der Waals surface area (Å²) in [6, 6.07) is 13.2. The molecule has 114 valence electrons. The van der Waals surface area contributed by atoms with Crippen LogP contribution in [0.15, 0.2) is 53.6 Å². The predicted octanol–water partition coefficient (Wildman–Crippen LogP) is 2.87. The molecule has 0 aromatic heterocycles. The van der Waals surface area contributed by atoms with Crippen LogP contribution >= 0.6 is 0 Å². The summed E-state index contributed by atoms with van der Waals surface area (Å²) in [5.74, 6) is 1.28. The molecule has 5 heteroatoms. The number of carbonyl (C=O) groups excluding carboxylic acids is 1. The van der Waals surface area contributed by atoms with Gasteiger partial charge in [0, 0.05) is 11.6 Å². The Kier molecular flexibility index (Phi) is 3.31. The van der Waals surface area contributed by atoms with Gasteiger partial charge >= 0.3 is 0 Å². The second-order valence-electron chi connectivity index (χ2n) is 5.22. The number of anilines is 1. The van der Waals surface area contributed by atoms with Gasteiger partial charge in [-0.2, -0.15) is 5.10 Å². The highest BCUT2D eigenvalue weighted by Gasteiger charge is 2.18. The second-order valence-corrected chi connectivity index (χ2v) is 5.22. The Labute approximate surface area is 133 Å². The van der Waals surface area contributed by atoms with Crippen LogP contribution in [-0.4, -0.2) is 24.7 Å². The van der Waals surface area contributed by atoms with Gasteiger partial charge in [0.15, 0.2) is 11.5 Å². The summed E-state index contributed by atoms with van der Waals surface area (Å²) in [4.78, 5) is 12.1. The molecule has 0 saturated heterocycles. The van der Waals surface area contributed by atoms with E-state index in [0.29, 0.717) is 24.7 Å². The van der Waals surface area contributed by atoms with Crippen molar-refractivity contribution in [2.24, 2.45) is 5.10 Å². The van der Waals surface area contributed by atoms with Gasteiger partial charge in [-0.1, -0.05) is 30.3 Å². The van der Waals surface area contributed by atoms with Crippen molar-refractivity contribution in [3.05, 3.63) is 59.7 Å². The van der Waals surface area contributed by atoms with E-state index in [0.717, 1.165) is 22.6 Å². The SMILES string of the molecule is O=C1C=Cc2ccccc2/C1=N/Nc1ccc2c(c1)OCCO2. The van der Waals surface area contributed by atoms with Crippen LogP contribution in [-0.2, 0) is 4.79 Å². The fourth-order valence-corrected chi connectivity index (χ4v) is 2.58. The molecule has 1 aliphatic carbocycles. The summed E-state index contributed by atoms with van der Waals surface area (Å²) in [6.07, 6.45) is 3.34. The molecular formula is C18H14N2O3. The topological polar surface area (TPSA) is 59.9 Å². The fraction of sp³-hybridized carbons (Fsp3) is 0.111. The number of hydrogen-bond donors (Lipinski definition) is 1. The molecule has 1 N–H and O–H groups in total. The van der Waals surface area contributed by atoms with Gasteiger partial charge in [-0.3, -0.25) is 10.2 Å². The molecule has 2 aliphatic rings. The van der Waals surface area contributed by atoms with E-state index in [2.05, 4.69) is 10.5 Å². The van der Waals surface area contributed by atoms with Crippen LogP contribution < -0.4 is 14.9 Å². The molecule has 2 aromatic carbocycles. The first kappa shape index (κ1) is 13.6. The molecule has 1 aliphatic heterocycles. The van der Waals surface area contributed by atoms with Crippen LogP contribution in [0.2, 0.25) is 0 Å². The summed E-state index contributed by atoms with van der Waals surface area (Å²) in [5.41, 5.74) is 5.88. The van der Waals surface area contributed by atoms with Crippen LogP contribution in [0.5, 0.6) is 11.5 Å². The van der Waals surface area contributed by atoms with E-state index in [1.165, 1.54) is 6.08 Å². The van der Waals surface area contributed by atoms with Gasteiger partial charge in [0.2, 0.25) is 5.78 Å². The number of nitrogens with zero attached hydrogens (tertiary/aromatic N) is 1. The minimum absolute atomic E-state index is 0.117. The molecule has 0 atom stereocenters. The molecule has 5 nitrogen and oxygen atoms in total. The van der Waals surface area contributed by atoms with E-state index in [1.54, 1.807) is 6.08 Å². The van der Waals surface area contributed by atoms with Crippen molar-refractivity contribution in [3.8, 4) is 11.5 Å². The van der Waals surface area contributed by atoms with Crippen molar-refractivity contribution in [2.75, 3.05) is 18.6 Å². The number of hydrogen-bond acceptors (Lipinski definition) is 5. The number of fused-ring (bicyclic) bond motifs is 2. The Bertz CT molecular complexity index is 840. The molecular weight excluding hydrogens is 292 g/mol. The maximum absolute atomic E-state index is 12.1. The van der Waals surface area contributed by atoms with Crippen LogP contribution in [0.25, 0.3) is 6.08 Å². The van der Waals surface area contributed by atoms with Crippen molar-refractivity contribution >= 4 is 23.3 Å². The number of ketones is 1. The average molecular weight is 306 g/mol. The highest BCUT2D eigenvalue weighted by atomic mass is 16.6. The van der Waals surface area contributed by atoms with E-state index >= 15 is 0 Å². The third-order valence-electron chi connectivity index (χ3n) is 3.70. The molecule has 1 heterocycles. The van der Waals surface area contributed by atoms with Crippen LogP contribution in [0, 0.1) is 0 Å². The van der Waals surface area contributed by atoms with Crippen molar-refractivity contribution < 1.29 is 14.3 Å². The number of rotatable bonds is 2. The lowest BCUT2D eigenvalue weighted by Crippen LogP contribution is -2.19. The van der Waals surface area contributed by atoms with Crippen LogP contribution in [0.1, 0.15) is 11.1 Å². The fourth-order valence-electron chi connectivity index (χ4n) is 2.58. The van der Waals surface area contributed by atoms with Crippen LogP contribution in [0.4, 0.5) is 5.69 Å². The van der Waals surface area contributed by atoms with E-state index in [4.69, 9.17) is 9.47 Å². The van der Waals surface area contributed by atoms with E-state index in [1.807, 2.05) is 42.5 Å². The maximum Gasteiger partial charge on any atom is 0.206 e. The first-order valence-corrected chi connectivity index (χ1v) is 7.36. The highest BCUT2D eigenvalue weighted by molar-refractivity contribution is 6.52. The molecule has 4 rings (SSSR count). The molecule has 0 unspecified atom stereocenters. The Balaban J connectivity index is 1.63. The number of ether oxygens (including phenoxy) is 2. The van der Waals surface area contributed by atoms with Gasteiger partial charge < -0.3 is 9.47 Å². The number of nitrogens with one attached hydrogen (secondary N) is 1.